The van der Waals surface area contributed by atoms with Crippen LogP contribution in [-0.2, 0) is 14.3 Å². The van der Waals surface area contributed by atoms with E-state index in [1.165, 1.54) is 12.1 Å². The van der Waals surface area contributed by atoms with E-state index in [9.17, 15) is 9.59 Å². The molecule has 104 valence electrons. The van der Waals surface area contributed by atoms with Gasteiger partial charge in [0, 0.05) is 5.02 Å². The van der Waals surface area contributed by atoms with E-state index >= 15 is 0 Å². The molecule has 0 saturated carbocycles. The molecule has 0 saturated heterocycles. The van der Waals surface area contributed by atoms with Crippen LogP contribution in [0.4, 0.5) is 5.69 Å². The quantitative estimate of drug-likeness (QED) is 0.857. The van der Waals surface area contributed by atoms with Crippen LogP contribution in [0.2, 0.25) is 15.1 Å². The summed E-state index contributed by atoms with van der Waals surface area (Å²) in [6.45, 7) is 2.95. The lowest BCUT2D eigenvalue weighted by Gasteiger charge is -2.11. The lowest BCUT2D eigenvalue weighted by Crippen LogP contribution is -2.23. The molecule has 1 rings (SSSR count). The molecule has 1 amide bonds. The third-order valence-electron chi connectivity index (χ3n) is 2.09. The SMILES string of the molecule is CC(C)C(=O)OCC(=O)Nc1c(Cl)cc(Cl)cc1Cl. The molecule has 1 aromatic carbocycles. The number of hydrogen-bond acceptors (Lipinski definition) is 3. The third kappa shape index (κ3) is 4.90. The minimum absolute atomic E-state index is 0.209. The first-order valence-corrected chi connectivity index (χ1v) is 6.55. The second-order valence-electron chi connectivity index (χ2n) is 4.06. The van der Waals surface area contributed by atoms with Crippen molar-refractivity contribution in [3.05, 3.63) is 27.2 Å². The Morgan fingerprint density at radius 1 is 1.21 bits per heavy atom. The van der Waals surface area contributed by atoms with Gasteiger partial charge in [-0.05, 0) is 12.1 Å². The van der Waals surface area contributed by atoms with E-state index in [2.05, 4.69) is 5.32 Å². The maximum Gasteiger partial charge on any atom is 0.308 e. The van der Waals surface area contributed by atoms with Gasteiger partial charge in [-0.15, -0.1) is 0 Å². The number of anilines is 1. The Morgan fingerprint density at radius 3 is 2.21 bits per heavy atom. The molecule has 0 atom stereocenters. The van der Waals surface area contributed by atoms with Crippen molar-refractivity contribution in [1.82, 2.24) is 0 Å². The number of halogens is 3. The van der Waals surface area contributed by atoms with Crippen LogP contribution >= 0.6 is 34.8 Å². The van der Waals surface area contributed by atoms with Gasteiger partial charge in [0.25, 0.3) is 5.91 Å². The van der Waals surface area contributed by atoms with Crippen molar-refractivity contribution < 1.29 is 14.3 Å². The van der Waals surface area contributed by atoms with Gasteiger partial charge < -0.3 is 10.1 Å². The fourth-order valence-electron chi connectivity index (χ4n) is 1.14. The van der Waals surface area contributed by atoms with Crippen molar-refractivity contribution in [2.24, 2.45) is 5.92 Å². The standard InChI is InChI=1S/C12H12Cl3NO3/c1-6(2)12(18)19-5-10(17)16-11-8(14)3-7(13)4-9(11)15/h3-4,6H,5H2,1-2H3,(H,16,17). The van der Waals surface area contributed by atoms with Crippen LogP contribution in [0, 0.1) is 5.92 Å². The first-order chi connectivity index (χ1) is 8.81. The van der Waals surface area contributed by atoms with Crippen LogP contribution in [0.15, 0.2) is 12.1 Å². The summed E-state index contributed by atoms with van der Waals surface area (Å²) in [6, 6.07) is 2.90. The number of carbonyl (C=O) groups excluding carboxylic acids is 2. The predicted molar refractivity (Wildman–Crippen MR) is 75.9 cm³/mol. The van der Waals surface area contributed by atoms with E-state index in [0.717, 1.165) is 0 Å². The fourth-order valence-corrected chi connectivity index (χ4v) is 2.05. The van der Waals surface area contributed by atoms with Crippen LogP contribution in [0.3, 0.4) is 0 Å². The lowest BCUT2D eigenvalue weighted by molar-refractivity contribution is -0.150. The topological polar surface area (TPSA) is 55.4 Å². The van der Waals surface area contributed by atoms with E-state index < -0.39 is 18.5 Å². The molecule has 0 heterocycles. The molecule has 19 heavy (non-hydrogen) atoms. The van der Waals surface area contributed by atoms with Crippen molar-refractivity contribution in [3.63, 3.8) is 0 Å². The Labute approximate surface area is 126 Å². The second-order valence-corrected chi connectivity index (χ2v) is 5.31. The minimum atomic E-state index is -0.528. The summed E-state index contributed by atoms with van der Waals surface area (Å²) < 4.78 is 4.78. The normalized spacial score (nSPS) is 10.4. The number of amides is 1. The summed E-state index contributed by atoms with van der Waals surface area (Å²) in [6.07, 6.45) is 0. The molecule has 0 aliphatic heterocycles. The van der Waals surface area contributed by atoms with Gasteiger partial charge in [-0.1, -0.05) is 48.7 Å². The highest BCUT2D eigenvalue weighted by Gasteiger charge is 2.14. The van der Waals surface area contributed by atoms with Crippen molar-refractivity contribution >= 4 is 52.4 Å². The highest BCUT2D eigenvalue weighted by Crippen LogP contribution is 2.33. The molecule has 0 bridgehead atoms. The molecule has 7 heteroatoms. The zero-order chi connectivity index (χ0) is 14.6. The van der Waals surface area contributed by atoms with Crippen LogP contribution in [-0.4, -0.2) is 18.5 Å². The molecule has 1 N–H and O–H groups in total. The van der Waals surface area contributed by atoms with Crippen LogP contribution in [0.5, 0.6) is 0 Å². The molecular weight excluding hydrogens is 312 g/mol. The van der Waals surface area contributed by atoms with Gasteiger partial charge in [0.05, 0.1) is 21.7 Å². The molecule has 0 aliphatic carbocycles. The van der Waals surface area contributed by atoms with E-state index in [1.54, 1.807) is 13.8 Å². The monoisotopic (exact) mass is 323 g/mol. The molecule has 0 aliphatic rings. The van der Waals surface area contributed by atoms with Crippen LogP contribution in [0.1, 0.15) is 13.8 Å². The molecule has 0 unspecified atom stereocenters. The summed E-state index contributed by atoms with van der Waals surface area (Å²) >= 11 is 17.5. The second kappa shape index (κ2) is 6.98. The molecule has 0 radical (unpaired) electrons. The van der Waals surface area contributed by atoms with Crippen molar-refractivity contribution in [2.45, 2.75) is 13.8 Å². The minimum Gasteiger partial charge on any atom is -0.455 e. The van der Waals surface area contributed by atoms with E-state index in [4.69, 9.17) is 39.5 Å². The summed E-state index contributed by atoms with van der Waals surface area (Å²) in [5, 5.41) is 3.24. The Bertz CT molecular complexity index is 480. The predicted octanol–water partition coefficient (Wildman–Crippen LogP) is 3.78. The van der Waals surface area contributed by atoms with E-state index in [1.807, 2.05) is 0 Å². The molecule has 4 nitrogen and oxygen atoms in total. The highest BCUT2D eigenvalue weighted by atomic mass is 35.5. The average molecular weight is 325 g/mol. The van der Waals surface area contributed by atoms with Gasteiger partial charge in [-0.2, -0.15) is 0 Å². The molecule has 0 aromatic heterocycles. The summed E-state index contributed by atoms with van der Waals surface area (Å²) in [4.78, 5) is 22.8. The summed E-state index contributed by atoms with van der Waals surface area (Å²) in [5.41, 5.74) is 0.235. The Morgan fingerprint density at radius 2 is 1.74 bits per heavy atom. The number of nitrogens with one attached hydrogen (secondary N) is 1. The van der Waals surface area contributed by atoms with Gasteiger partial charge in [0.2, 0.25) is 0 Å². The van der Waals surface area contributed by atoms with Crippen molar-refractivity contribution in [2.75, 3.05) is 11.9 Å². The van der Waals surface area contributed by atoms with E-state index in [-0.39, 0.29) is 21.7 Å². The lowest BCUT2D eigenvalue weighted by atomic mass is 10.2. The number of ether oxygens (including phenoxy) is 1. The third-order valence-corrected chi connectivity index (χ3v) is 2.90. The maximum absolute atomic E-state index is 11.6. The van der Waals surface area contributed by atoms with Crippen LogP contribution < -0.4 is 5.32 Å². The van der Waals surface area contributed by atoms with E-state index in [0.29, 0.717) is 5.02 Å². The Kier molecular flexibility index (Phi) is 5.91. The first kappa shape index (κ1) is 16.1. The molecule has 1 aromatic rings. The van der Waals surface area contributed by atoms with Gasteiger partial charge in [-0.3, -0.25) is 9.59 Å². The number of benzene rings is 1. The van der Waals surface area contributed by atoms with Gasteiger partial charge >= 0.3 is 5.97 Å². The zero-order valence-corrected chi connectivity index (χ0v) is 12.6. The molecule has 0 fully saturated rings. The van der Waals surface area contributed by atoms with Crippen molar-refractivity contribution in [1.29, 1.82) is 0 Å². The number of esters is 1. The maximum atomic E-state index is 11.6. The fraction of sp³-hybridized carbons (Fsp3) is 0.333. The average Bonchev–Trinajstić information content (AvgIpc) is 2.30. The smallest absolute Gasteiger partial charge is 0.308 e. The molecular formula is C12H12Cl3NO3. The zero-order valence-electron chi connectivity index (χ0n) is 10.3. The number of hydrogen-bond donors (Lipinski definition) is 1. The Hall–Kier alpha value is -0.970. The summed E-state index contributed by atoms with van der Waals surface area (Å²) in [5.74, 6) is -1.28. The number of rotatable bonds is 4. The number of carbonyl (C=O) groups is 2. The van der Waals surface area contributed by atoms with Gasteiger partial charge in [-0.25, -0.2) is 0 Å². The largest absolute Gasteiger partial charge is 0.455 e. The highest BCUT2D eigenvalue weighted by molar-refractivity contribution is 6.42. The molecule has 0 spiro atoms. The van der Waals surface area contributed by atoms with Gasteiger partial charge in [0.1, 0.15) is 0 Å². The van der Waals surface area contributed by atoms with Crippen molar-refractivity contribution in [3.8, 4) is 0 Å². The van der Waals surface area contributed by atoms with Gasteiger partial charge in [0.15, 0.2) is 6.61 Å². The summed E-state index contributed by atoms with van der Waals surface area (Å²) in [7, 11) is 0. The first-order valence-electron chi connectivity index (χ1n) is 5.42. The van der Waals surface area contributed by atoms with Crippen LogP contribution in [0.25, 0.3) is 0 Å². The Balaban J connectivity index is 2.65.